The summed E-state index contributed by atoms with van der Waals surface area (Å²) in [6.45, 7) is 1.78. The Labute approximate surface area is 173 Å². The molecule has 0 radical (unpaired) electrons. The summed E-state index contributed by atoms with van der Waals surface area (Å²) in [4.78, 5) is 23.9. The molecule has 1 aliphatic heterocycles. The van der Waals surface area contributed by atoms with Gasteiger partial charge in [0.15, 0.2) is 0 Å². The lowest BCUT2D eigenvalue weighted by atomic mass is 10.2. The molecule has 0 saturated carbocycles. The zero-order valence-corrected chi connectivity index (χ0v) is 17.1. The number of aryl methyl sites for hydroxylation is 1. The third-order valence-electron chi connectivity index (χ3n) is 4.54. The maximum absolute atomic E-state index is 13.5. The summed E-state index contributed by atoms with van der Waals surface area (Å²) >= 11 is 0. The van der Waals surface area contributed by atoms with E-state index in [2.05, 4.69) is 10.6 Å². The van der Waals surface area contributed by atoms with Crippen LogP contribution in [0.25, 0.3) is 0 Å². The van der Waals surface area contributed by atoms with Crippen LogP contribution in [0.2, 0.25) is 0 Å². The highest BCUT2D eigenvalue weighted by Crippen LogP contribution is 2.23. The summed E-state index contributed by atoms with van der Waals surface area (Å²) in [7, 11) is -3.98. The van der Waals surface area contributed by atoms with E-state index in [0.717, 1.165) is 10.4 Å². The standard InChI is InChI=1S/C19H22FN3O6S/c1-13-10-15(5-6-16(13)20)30(26,27)23-7-3-9-29-17(23)12-22-19(25)18(24)21-11-14-4-2-8-28-14/h2,4-6,8,10,17H,3,7,9,11-12H2,1H3,(H,21,24)(H,22,25)/t17-/m0/s1. The fraction of sp³-hybridized carbons (Fsp3) is 0.368. The van der Waals surface area contributed by atoms with Crippen molar-refractivity contribution in [3.05, 3.63) is 53.7 Å². The number of rotatable bonds is 6. The largest absolute Gasteiger partial charge is 0.467 e. The number of benzene rings is 1. The zero-order chi connectivity index (χ0) is 21.7. The number of nitrogens with zero attached hydrogens (tertiary/aromatic N) is 1. The first kappa shape index (κ1) is 21.9. The topological polar surface area (TPSA) is 118 Å². The summed E-state index contributed by atoms with van der Waals surface area (Å²) in [5.41, 5.74) is 0.201. The van der Waals surface area contributed by atoms with E-state index in [1.54, 1.807) is 12.1 Å². The fourth-order valence-electron chi connectivity index (χ4n) is 2.94. The lowest BCUT2D eigenvalue weighted by Gasteiger charge is -2.34. The van der Waals surface area contributed by atoms with E-state index in [1.807, 2.05) is 0 Å². The van der Waals surface area contributed by atoms with Crippen molar-refractivity contribution in [1.29, 1.82) is 0 Å². The van der Waals surface area contributed by atoms with Gasteiger partial charge in [-0.15, -0.1) is 0 Å². The summed E-state index contributed by atoms with van der Waals surface area (Å²) in [5, 5.41) is 4.78. The molecule has 30 heavy (non-hydrogen) atoms. The lowest BCUT2D eigenvalue weighted by Crippen LogP contribution is -2.53. The lowest BCUT2D eigenvalue weighted by molar-refractivity contribution is -0.140. The van der Waals surface area contributed by atoms with E-state index in [9.17, 15) is 22.4 Å². The second-order valence-electron chi connectivity index (χ2n) is 6.68. The zero-order valence-electron chi connectivity index (χ0n) is 16.3. The molecule has 162 valence electrons. The van der Waals surface area contributed by atoms with Gasteiger partial charge in [0.2, 0.25) is 10.0 Å². The molecule has 0 bridgehead atoms. The molecule has 0 spiro atoms. The van der Waals surface area contributed by atoms with Gasteiger partial charge < -0.3 is 19.8 Å². The number of hydrogen-bond donors (Lipinski definition) is 2. The number of carbonyl (C=O) groups excluding carboxylic acids is 2. The highest BCUT2D eigenvalue weighted by molar-refractivity contribution is 7.89. The van der Waals surface area contributed by atoms with Crippen molar-refractivity contribution >= 4 is 21.8 Å². The number of amides is 2. The molecule has 0 unspecified atom stereocenters. The number of hydrogen-bond acceptors (Lipinski definition) is 6. The Morgan fingerprint density at radius 2 is 2.00 bits per heavy atom. The number of halogens is 1. The first-order chi connectivity index (χ1) is 14.3. The molecule has 1 saturated heterocycles. The van der Waals surface area contributed by atoms with Crippen LogP contribution in [0.3, 0.4) is 0 Å². The second kappa shape index (κ2) is 9.37. The van der Waals surface area contributed by atoms with Gasteiger partial charge in [-0.3, -0.25) is 9.59 Å². The molecule has 11 heteroatoms. The molecule has 1 aliphatic rings. The third-order valence-corrected chi connectivity index (χ3v) is 6.42. The number of sulfonamides is 1. The van der Waals surface area contributed by atoms with Crippen molar-refractivity contribution in [2.75, 3.05) is 19.7 Å². The molecule has 2 aromatic rings. The summed E-state index contributed by atoms with van der Waals surface area (Å²) < 4.78 is 51.2. The Balaban J connectivity index is 1.63. The minimum Gasteiger partial charge on any atom is -0.467 e. The molecule has 2 amide bonds. The second-order valence-corrected chi connectivity index (χ2v) is 8.57. The molecule has 1 aromatic heterocycles. The third kappa shape index (κ3) is 5.04. The molecule has 2 heterocycles. The highest BCUT2D eigenvalue weighted by atomic mass is 32.2. The van der Waals surface area contributed by atoms with Crippen LogP contribution in [-0.4, -0.2) is 50.5 Å². The van der Waals surface area contributed by atoms with Crippen LogP contribution in [0.1, 0.15) is 17.7 Å². The molecule has 0 aliphatic carbocycles. The number of furan rings is 1. The summed E-state index contributed by atoms with van der Waals surface area (Å²) in [6, 6.07) is 6.82. The molecule has 2 N–H and O–H groups in total. The van der Waals surface area contributed by atoms with Crippen LogP contribution in [0.15, 0.2) is 45.9 Å². The van der Waals surface area contributed by atoms with Crippen molar-refractivity contribution in [2.24, 2.45) is 0 Å². The van der Waals surface area contributed by atoms with Crippen LogP contribution in [0, 0.1) is 12.7 Å². The fourth-order valence-corrected chi connectivity index (χ4v) is 4.59. The van der Waals surface area contributed by atoms with E-state index in [4.69, 9.17) is 9.15 Å². The quantitative estimate of drug-likeness (QED) is 0.646. The Morgan fingerprint density at radius 1 is 1.23 bits per heavy atom. The SMILES string of the molecule is Cc1cc(S(=O)(=O)N2CCCO[C@H]2CNC(=O)C(=O)NCc2ccco2)ccc1F. The predicted octanol–water partition coefficient (Wildman–Crippen LogP) is 0.897. The van der Waals surface area contributed by atoms with E-state index < -0.39 is 33.9 Å². The van der Waals surface area contributed by atoms with Crippen LogP contribution in [0.5, 0.6) is 0 Å². The maximum Gasteiger partial charge on any atom is 0.309 e. The maximum atomic E-state index is 13.5. The minimum absolute atomic E-state index is 0.0452. The van der Waals surface area contributed by atoms with Crippen molar-refractivity contribution in [3.8, 4) is 0 Å². The molecule has 3 rings (SSSR count). The monoisotopic (exact) mass is 439 g/mol. The smallest absolute Gasteiger partial charge is 0.309 e. The number of ether oxygens (including phenoxy) is 1. The van der Waals surface area contributed by atoms with E-state index >= 15 is 0 Å². The van der Waals surface area contributed by atoms with Crippen molar-refractivity contribution in [2.45, 2.75) is 31.0 Å². The van der Waals surface area contributed by atoms with Gasteiger partial charge in [-0.1, -0.05) is 0 Å². The first-order valence-corrected chi connectivity index (χ1v) is 10.7. The minimum atomic E-state index is -3.98. The molecule has 1 fully saturated rings. The predicted molar refractivity (Wildman–Crippen MR) is 103 cm³/mol. The van der Waals surface area contributed by atoms with Gasteiger partial charge in [0.1, 0.15) is 17.8 Å². The van der Waals surface area contributed by atoms with Gasteiger partial charge in [-0.2, -0.15) is 4.31 Å². The normalized spacial score (nSPS) is 17.5. The number of nitrogens with one attached hydrogen (secondary N) is 2. The Morgan fingerprint density at radius 3 is 2.70 bits per heavy atom. The highest BCUT2D eigenvalue weighted by Gasteiger charge is 2.35. The molecule has 1 aromatic carbocycles. The van der Waals surface area contributed by atoms with Crippen molar-refractivity contribution < 1.29 is 31.6 Å². The van der Waals surface area contributed by atoms with Gasteiger partial charge in [0, 0.05) is 6.54 Å². The molecule has 9 nitrogen and oxygen atoms in total. The van der Waals surface area contributed by atoms with E-state index in [1.165, 1.54) is 25.3 Å². The van der Waals surface area contributed by atoms with Gasteiger partial charge in [0.05, 0.1) is 30.9 Å². The van der Waals surface area contributed by atoms with Gasteiger partial charge >= 0.3 is 11.8 Å². The van der Waals surface area contributed by atoms with Crippen LogP contribution >= 0.6 is 0 Å². The van der Waals surface area contributed by atoms with Crippen molar-refractivity contribution in [3.63, 3.8) is 0 Å². The Bertz CT molecular complexity index is 1010. The summed E-state index contributed by atoms with van der Waals surface area (Å²) in [6.07, 6.45) is 0.920. The van der Waals surface area contributed by atoms with Crippen LogP contribution in [0.4, 0.5) is 4.39 Å². The average molecular weight is 439 g/mol. The summed E-state index contributed by atoms with van der Waals surface area (Å²) in [5.74, 6) is -1.83. The van der Waals surface area contributed by atoms with Gasteiger partial charge in [-0.05, 0) is 49.2 Å². The number of carbonyl (C=O) groups is 2. The van der Waals surface area contributed by atoms with Crippen LogP contribution in [-0.2, 0) is 30.9 Å². The van der Waals surface area contributed by atoms with Gasteiger partial charge in [0.25, 0.3) is 0 Å². The van der Waals surface area contributed by atoms with E-state index in [-0.39, 0.29) is 30.1 Å². The molecular formula is C19H22FN3O6S. The van der Waals surface area contributed by atoms with Gasteiger partial charge in [-0.25, -0.2) is 12.8 Å². The Hall–Kier alpha value is -2.76. The van der Waals surface area contributed by atoms with E-state index in [0.29, 0.717) is 18.8 Å². The van der Waals surface area contributed by atoms with Crippen molar-refractivity contribution in [1.82, 2.24) is 14.9 Å². The molecular weight excluding hydrogens is 417 g/mol. The first-order valence-electron chi connectivity index (χ1n) is 9.27. The molecule has 1 atom stereocenters. The average Bonchev–Trinajstić information content (AvgIpc) is 3.26. The van der Waals surface area contributed by atoms with Crippen LogP contribution < -0.4 is 10.6 Å². The Kier molecular flexibility index (Phi) is 6.85.